The molecule has 2 aliphatic rings. The van der Waals surface area contributed by atoms with Crippen LogP contribution in [0.5, 0.6) is 0 Å². The Hall–Kier alpha value is -0.940. The summed E-state index contributed by atoms with van der Waals surface area (Å²) in [5.41, 5.74) is 2.47. The van der Waals surface area contributed by atoms with E-state index in [1.165, 1.54) is 24.0 Å². The fraction of sp³-hybridized carbons (Fsp3) is 0.647. The van der Waals surface area contributed by atoms with E-state index in [9.17, 15) is 0 Å². The molecular weight excluding hydrogens is 266 g/mol. The SMILES string of the molecule is COC1CCC(NCC2OCc3ccccc3CO2)CC1. The summed E-state index contributed by atoms with van der Waals surface area (Å²) < 4.78 is 17.1. The van der Waals surface area contributed by atoms with E-state index in [1.807, 2.05) is 7.11 Å². The van der Waals surface area contributed by atoms with Crippen LogP contribution in [0, 0.1) is 0 Å². The van der Waals surface area contributed by atoms with Crippen molar-refractivity contribution < 1.29 is 14.2 Å². The predicted molar refractivity (Wildman–Crippen MR) is 80.9 cm³/mol. The summed E-state index contributed by atoms with van der Waals surface area (Å²) in [5, 5.41) is 3.58. The first kappa shape index (κ1) is 15.0. The van der Waals surface area contributed by atoms with Gasteiger partial charge in [0.25, 0.3) is 0 Å². The van der Waals surface area contributed by atoms with E-state index in [4.69, 9.17) is 14.2 Å². The topological polar surface area (TPSA) is 39.7 Å². The lowest BCUT2D eigenvalue weighted by Crippen LogP contribution is -2.40. The van der Waals surface area contributed by atoms with E-state index in [0.29, 0.717) is 25.4 Å². The van der Waals surface area contributed by atoms with E-state index in [0.717, 1.165) is 19.4 Å². The summed E-state index contributed by atoms with van der Waals surface area (Å²) in [6.07, 6.45) is 4.93. The maximum atomic E-state index is 5.85. The molecule has 4 nitrogen and oxygen atoms in total. The zero-order valence-electron chi connectivity index (χ0n) is 12.7. The van der Waals surface area contributed by atoms with Crippen LogP contribution in [-0.2, 0) is 27.4 Å². The summed E-state index contributed by atoms with van der Waals surface area (Å²) in [5.74, 6) is 0. The van der Waals surface area contributed by atoms with Crippen LogP contribution >= 0.6 is 0 Å². The van der Waals surface area contributed by atoms with Crippen molar-refractivity contribution in [1.29, 1.82) is 0 Å². The molecule has 1 N–H and O–H groups in total. The average molecular weight is 291 g/mol. The number of rotatable bonds is 4. The van der Waals surface area contributed by atoms with Gasteiger partial charge in [-0.2, -0.15) is 0 Å². The molecule has 0 bridgehead atoms. The highest BCUT2D eigenvalue weighted by atomic mass is 16.7. The molecule has 0 atom stereocenters. The van der Waals surface area contributed by atoms with E-state index >= 15 is 0 Å². The van der Waals surface area contributed by atoms with Crippen molar-refractivity contribution in [2.24, 2.45) is 0 Å². The number of ether oxygens (including phenoxy) is 3. The molecule has 0 radical (unpaired) electrons. The summed E-state index contributed by atoms with van der Waals surface area (Å²) in [6.45, 7) is 2.04. The molecule has 1 aromatic rings. The lowest BCUT2D eigenvalue weighted by atomic mass is 9.93. The smallest absolute Gasteiger partial charge is 0.170 e. The lowest BCUT2D eigenvalue weighted by Gasteiger charge is -2.29. The third-order valence-electron chi connectivity index (χ3n) is 4.55. The van der Waals surface area contributed by atoms with Gasteiger partial charge in [0.05, 0.1) is 19.3 Å². The van der Waals surface area contributed by atoms with Crippen LogP contribution in [-0.4, -0.2) is 32.1 Å². The van der Waals surface area contributed by atoms with Gasteiger partial charge in [-0.1, -0.05) is 24.3 Å². The Bertz CT molecular complexity index is 416. The van der Waals surface area contributed by atoms with Gasteiger partial charge in [-0.15, -0.1) is 0 Å². The highest BCUT2D eigenvalue weighted by Gasteiger charge is 2.22. The fourth-order valence-corrected chi connectivity index (χ4v) is 3.14. The number of hydrogen-bond acceptors (Lipinski definition) is 4. The molecule has 1 aliphatic heterocycles. The van der Waals surface area contributed by atoms with Crippen LogP contribution in [0.25, 0.3) is 0 Å². The first-order valence-electron chi connectivity index (χ1n) is 7.91. The second-order valence-electron chi connectivity index (χ2n) is 5.94. The second-order valence-corrected chi connectivity index (χ2v) is 5.94. The van der Waals surface area contributed by atoms with E-state index in [2.05, 4.69) is 29.6 Å². The molecule has 1 saturated carbocycles. The summed E-state index contributed by atoms with van der Waals surface area (Å²) >= 11 is 0. The molecule has 0 unspecified atom stereocenters. The Balaban J connectivity index is 1.43. The van der Waals surface area contributed by atoms with Gasteiger partial charge in [0.15, 0.2) is 6.29 Å². The van der Waals surface area contributed by atoms with Gasteiger partial charge >= 0.3 is 0 Å². The van der Waals surface area contributed by atoms with Gasteiger partial charge in [-0.05, 0) is 36.8 Å². The minimum absolute atomic E-state index is 0.155. The van der Waals surface area contributed by atoms with Crippen LogP contribution in [0.3, 0.4) is 0 Å². The molecular formula is C17H25NO3. The molecule has 0 aromatic heterocycles. The highest BCUT2D eigenvalue weighted by molar-refractivity contribution is 5.26. The van der Waals surface area contributed by atoms with Gasteiger partial charge in [-0.25, -0.2) is 0 Å². The van der Waals surface area contributed by atoms with Crippen LogP contribution in [0.4, 0.5) is 0 Å². The van der Waals surface area contributed by atoms with Crippen molar-refractivity contribution in [1.82, 2.24) is 5.32 Å². The number of hydrogen-bond donors (Lipinski definition) is 1. The Labute approximate surface area is 126 Å². The van der Waals surface area contributed by atoms with Crippen LogP contribution in [0.15, 0.2) is 24.3 Å². The standard InChI is InChI=1S/C17H25NO3/c1-19-16-8-6-15(7-9-16)18-10-17-20-11-13-4-2-3-5-14(13)12-21-17/h2-5,15-18H,6-12H2,1H3. The summed E-state index contributed by atoms with van der Waals surface area (Å²) in [6, 6.07) is 8.89. The maximum Gasteiger partial charge on any atom is 0.170 e. The number of benzene rings is 1. The van der Waals surface area contributed by atoms with E-state index < -0.39 is 0 Å². The van der Waals surface area contributed by atoms with Crippen molar-refractivity contribution in [3.05, 3.63) is 35.4 Å². The molecule has 1 fully saturated rings. The van der Waals surface area contributed by atoms with E-state index in [-0.39, 0.29) is 6.29 Å². The molecule has 1 aliphatic carbocycles. The molecule has 3 rings (SSSR count). The molecule has 116 valence electrons. The van der Waals surface area contributed by atoms with Crippen molar-refractivity contribution in [2.45, 2.75) is 57.3 Å². The highest BCUT2D eigenvalue weighted by Crippen LogP contribution is 2.21. The van der Waals surface area contributed by atoms with Gasteiger partial charge in [0, 0.05) is 19.7 Å². The van der Waals surface area contributed by atoms with Gasteiger partial charge < -0.3 is 19.5 Å². The molecule has 1 aromatic carbocycles. The van der Waals surface area contributed by atoms with Crippen LogP contribution < -0.4 is 5.32 Å². The second kappa shape index (κ2) is 7.36. The minimum atomic E-state index is -0.155. The van der Waals surface area contributed by atoms with Gasteiger partial charge in [0.1, 0.15) is 0 Å². The average Bonchev–Trinajstić information content (AvgIpc) is 2.76. The number of fused-ring (bicyclic) bond motifs is 1. The number of nitrogens with one attached hydrogen (secondary N) is 1. The van der Waals surface area contributed by atoms with Crippen molar-refractivity contribution in [2.75, 3.05) is 13.7 Å². The monoisotopic (exact) mass is 291 g/mol. The quantitative estimate of drug-likeness (QED) is 0.925. The zero-order valence-corrected chi connectivity index (χ0v) is 12.7. The first-order chi connectivity index (χ1) is 10.3. The molecule has 0 saturated heterocycles. The molecule has 21 heavy (non-hydrogen) atoms. The number of methoxy groups -OCH3 is 1. The molecule has 4 heteroatoms. The Kier molecular flexibility index (Phi) is 5.25. The maximum absolute atomic E-state index is 5.85. The Morgan fingerprint density at radius 3 is 2.24 bits per heavy atom. The molecule has 1 heterocycles. The predicted octanol–water partition coefficient (Wildman–Crippen LogP) is 2.61. The fourth-order valence-electron chi connectivity index (χ4n) is 3.14. The largest absolute Gasteiger partial charge is 0.381 e. The van der Waals surface area contributed by atoms with E-state index in [1.54, 1.807) is 0 Å². The zero-order chi connectivity index (χ0) is 14.5. The van der Waals surface area contributed by atoms with Gasteiger partial charge in [0.2, 0.25) is 0 Å². The third-order valence-corrected chi connectivity index (χ3v) is 4.55. The lowest BCUT2D eigenvalue weighted by molar-refractivity contribution is -0.146. The minimum Gasteiger partial charge on any atom is -0.381 e. The normalized spacial score (nSPS) is 27.1. The Morgan fingerprint density at radius 2 is 1.67 bits per heavy atom. The summed E-state index contributed by atoms with van der Waals surface area (Å²) in [7, 11) is 1.81. The van der Waals surface area contributed by atoms with Crippen molar-refractivity contribution in [3.63, 3.8) is 0 Å². The molecule has 0 amide bonds. The van der Waals surface area contributed by atoms with Crippen molar-refractivity contribution >= 4 is 0 Å². The Morgan fingerprint density at radius 1 is 1.05 bits per heavy atom. The third kappa shape index (κ3) is 4.04. The first-order valence-corrected chi connectivity index (χ1v) is 7.91. The molecule has 0 spiro atoms. The van der Waals surface area contributed by atoms with Crippen LogP contribution in [0.2, 0.25) is 0 Å². The van der Waals surface area contributed by atoms with Gasteiger partial charge in [-0.3, -0.25) is 0 Å². The van der Waals surface area contributed by atoms with Crippen LogP contribution in [0.1, 0.15) is 36.8 Å². The summed E-state index contributed by atoms with van der Waals surface area (Å²) in [4.78, 5) is 0. The van der Waals surface area contributed by atoms with Crippen molar-refractivity contribution in [3.8, 4) is 0 Å².